The predicted molar refractivity (Wildman–Crippen MR) is 80.1 cm³/mol. The molecule has 2 atom stereocenters. The van der Waals surface area contributed by atoms with Crippen LogP contribution in [0.3, 0.4) is 0 Å². The van der Waals surface area contributed by atoms with E-state index < -0.39 is 11.9 Å². The zero-order chi connectivity index (χ0) is 15.4. The standard InChI is InChI=1S/C15H27N3O3/c1-17(2)10-11-6-8-18(9-7-11)15(21)16-13-5-3-4-12(13)14(19)20/h11-13H,3-10H2,1-2H3,(H,16,21)(H,19,20). The number of likely N-dealkylation sites (tertiary alicyclic amines) is 1. The smallest absolute Gasteiger partial charge is 0.317 e. The summed E-state index contributed by atoms with van der Waals surface area (Å²) in [4.78, 5) is 27.4. The van der Waals surface area contributed by atoms with Gasteiger partial charge in [-0.25, -0.2) is 4.79 Å². The van der Waals surface area contributed by atoms with Gasteiger partial charge in [-0.15, -0.1) is 0 Å². The van der Waals surface area contributed by atoms with Crippen LogP contribution in [0.25, 0.3) is 0 Å². The lowest BCUT2D eigenvalue weighted by atomic mass is 9.96. The fourth-order valence-electron chi connectivity index (χ4n) is 3.51. The Morgan fingerprint density at radius 2 is 1.86 bits per heavy atom. The van der Waals surface area contributed by atoms with E-state index in [9.17, 15) is 9.59 Å². The van der Waals surface area contributed by atoms with Crippen LogP contribution in [-0.2, 0) is 4.79 Å². The highest BCUT2D eigenvalue weighted by molar-refractivity contribution is 5.77. The molecule has 0 aromatic carbocycles. The summed E-state index contributed by atoms with van der Waals surface area (Å²) in [5.74, 6) is -0.551. The van der Waals surface area contributed by atoms with Gasteiger partial charge >= 0.3 is 12.0 Å². The quantitative estimate of drug-likeness (QED) is 0.818. The van der Waals surface area contributed by atoms with Gasteiger partial charge in [0.1, 0.15) is 0 Å². The number of piperidine rings is 1. The maximum atomic E-state index is 12.3. The van der Waals surface area contributed by atoms with Crippen LogP contribution >= 0.6 is 0 Å². The fraction of sp³-hybridized carbons (Fsp3) is 0.867. The van der Waals surface area contributed by atoms with Gasteiger partial charge in [-0.1, -0.05) is 6.42 Å². The average Bonchev–Trinajstić information content (AvgIpc) is 2.87. The van der Waals surface area contributed by atoms with E-state index in [4.69, 9.17) is 5.11 Å². The van der Waals surface area contributed by atoms with Gasteiger partial charge < -0.3 is 20.2 Å². The minimum absolute atomic E-state index is 0.0866. The molecular weight excluding hydrogens is 270 g/mol. The van der Waals surface area contributed by atoms with Gasteiger partial charge in [0.05, 0.1) is 5.92 Å². The SMILES string of the molecule is CN(C)CC1CCN(C(=O)NC2CCCC2C(=O)O)CC1. The van der Waals surface area contributed by atoms with Crippen LogP contribution in [0.5, 0.6) is 0 Å². The maximum absolute atomic E-state index is 12.3. The van der Waals surface area contributed by atoms with Crippen LogP contribution in [-0.4, -0.2) is 66.7 Å². The van der Waals surface area contributed by atoms with Crippen molar-refractivity contribution in [1.82, 2.24) is 15.1 Å². The van der Waals surface area contributed by atoms with E-state index in [-0.39, 0.29) is 12.1 Å². The number of carboxylic acids is 1. The Kier molecular flexibility index (Phi) is 5.45. The number of hydrogen-bond acceptors (Lipinski definition) is 3. The predicted octanol–water partition coefficient (Wildman–Crippen LogP) is 1.22. The topological polar surface area (TPSA) is 72.9 Å². The number of nitrogens with one attached hydrogen (secondary N) is 1. The van der Waals surface area contributed by atoms with Crippen LogP contribution < -0.4 is 5.32 Å². The molecule has 1 saturated heterocycles. The number of urea groups is 1. The van der Waals surface area contributed by atoms with Crippen molar-refractivity contribution in [3.8, 4) is 0 Å². The number of hydrogen-bond donors (Lipinski definition) is 2. The third kappa shape index (κ3) is 4.33. The number of aliphatic carboxylic acids is 1. The molecule has 2 fully saturated rings. The van der Waals surface area contributed by atoms with Crippen molar-refractivity contribution >= 4 is 12.0 Å². The van der Waals surface area contributed by atoms with Gasteiger partial charge in [0, 0.05) is 25.7 Å². The molecule has 0 radical (unpaired) electrons. The maximum Gasteiger partial charge on any atom is 0.317 e. The van der Waals surface area contributed by atoms with Crippen molar-refractivity contribution in [2.45, 2.75) is 38.1 Å². The largest absolute Gasteiger partial charge is 0.481 e. The van der Waals surface area contributed by atoms with E-state index >= 15 is 0 Å². The number of amides is 2. The first-order valence-corrected chi connectivity index (χ1v) is 7.90. The number of carboxylic acid groups (broad SMARTS) is 1. The molecule has 0 aromatic rings. The molecule has 1 heterocycles. The molecule has 6 nitrogen and oxygen atoms in total. The molecule has 0 spiro atoms. The van der Waals surface area contributed by atoms with Crippen molar-refractivity contribution in [2.75, 3.05) is 33.7 Å². The number of carbonyl (C=O) groups excluding carboxylic acids is 1. The van der Waals surface area contributed by atoms with Gasteiger partial charge in [0.15, 0.2) is 0 Å². The van der Waals surface area contributed by atoms with E-state index in [0.29, 0.717) is 12.3 Å². The summed E-state index contributed by atoms with van der Waals surface area (Å²) in [5.41, 5.74) is 0. The lowest BCUT2D eigenvalue weighted by Gasteiger charge is -2.34. The van der Waals surface area contributed by atoms with E-state index in [0.717, 1.165) is 45.3 Å². The van der Waals surface area contributed by atoms with Crippen LogP contribution in [0.2, 0.25) is 0 Å². The molecule has 6 heteroatoms. The summed E-state index contributed by atoms with van der Waals surface area (Å²) < 4.78 is 0. The van der Waals surface area contributed by atoms with Crippen LogP contribution in [0.1, 0.15) is 32.1 Å². The Labute approximate surface area is 126 Å². The number of rotatable bonds is 4. The first-order valence-electron chi connectivity index (χ1n) is 7.90. The minimum Gasteiger partial charge on any atom is -0.481 e. The lowest BCUT2D eigenvalue weighted by Crippen LogP contribution is -2.50. The highest BCUT2D eigenvalue weighted by Gasteiger charge is 2.35. The molecule has 2 aliphatic rings. The van der Waals surface area contributed by atoms with Crippen LogP contribution in [0, 0.1) is 11.8 Å². The van der Waals surface area contributed by atoms with Crippen LogP contribution in [0.4, 0.5) is 4.79 Å². The van der Waals surface area contributed by atoms with Crippen molar-refractivity contribution in [3.05, 3.63) is 0 Å². The highest BCUT2D eigenvalue weighted by Crippen LogP contribution is 2.26. The third-order valence-electron chi connectivity index (χ3n) is 4.67. The van der Waals surface area contributed by atoms with E-state index in [2.05, 4.69) is 24.3 Å². The van der Waals surface area contributed by atoms with Crippen LogP contribution in [0.15, 0.2) is 0 Å². The third-order valence-corrected chi connectivity index (χ3v) is 4.67. The van der Waals surface area contributed by atoms with Gasteiger partial charge in [-0.05, 0) is 45.7 Å². The van der Waals surface area contributed by atoms with Crippen molar-refractivity contribution < 1.29 is 14.7 Å². The summed E-state index contributed by atoms with van der Waals surface area (Å²) in [5, 5.41) is 12.1. The summed E-state index contributed by atoms with van der Waals surface area (Å²) in [7, 11) is 4.15. The Morgan fingerprint density at radius 1 is 1.19 bits per heavy atom. The van der Waals surface area contributed by atoms with E-state index in [1.54, 1.807) is 0 Å². The molecule has 1 saturated carbocycles. The molecular formula is C15H27N3O3. The van der Waals surface area contributed by atoms with Crippen molar-refractivity contribution in [1.29, 1.82) is 0 Å². The van der Waals surface area contributed by atoms with Gasteiger partial charge in [-0.2, -0.15) is 0 Å². The number of carbonyl (C=O) groups is 2. The van der Waals surface area contributed by atoms with Gasteiger partial charge in [0.25, 0.3) is 0 Å². The molecule has 0 aromatic heterocycles. The second kappa shape index (κ2) is 7.11. The fourth-order valence-corrected chi connectivity index (χ4v) is 3.51. The minimum atomic E-state index is -0.789. The number of nitrogens with zero attached hydrogens (tertiary/aromatic N) is 2. The first kappa shape index (κ1) is 16.1. The summed E-state index contributed by atoms with van der Waals surface area (Å²) in [6, 6.07) is -0.286. The van der Waals surface area contributed by atoms with E-state index in [1.807, 2.05) is 4.90 Å². The van der Waals surface area contributed by atoms with E-state index in [1.165, 1.54) is 0 Å². The van der Waals surface area contributed by atoms with Crippen molar-refractivity contribution in [2.24, 2.45) is 11.8 Å². The normalized spacial score (nSPS) is 27.1. The monoisotopic (exact) mass is 297 g/mol. The lowest BCUT2D eigenvalue weighted by molar-refractivity contribution is -0.142. The zero-order valence-electron chi connectivity index (χ0n) is 13.0. The Bertz CT molecular complexity index is 378. The Hall–Kier alpha value is -1.30. The molecule has 2 rings (SSSR count). The Balaban J connectivity index is 1.78. The first-order chi connectivity index (χ1) is 9.97. The molecule has 2 amide bonds. The summed E-state index contributed by atoms with van der Waals surface area (Å²) in [6.45, 7) is 2.61. The molecule has 1 aliphatic heterocycles. The molecule has 0 bridgehead atoms. The molecule has 1 aliphatic carbocycles. The molecule has 2 unspecified atom stereocenters. The van der Waals surface area contributed by atoms with Gasteiger partial charge in [0.2, 0.25) is 0 Å². The summed E-state index contributed by atoms with van der Waals surface area (Å²) >= 11 is 0. The van der Waals surface area contributed by atoms with Crippen molar-refractivity contribution in [3.63, 3.8) is 0 Å². The second-order valence-electron chi connectivity index (χ2n) is 6.62. The molecule has 120 valence electrons. The molecule has 2 N–H and O–H groups in total. The summed E-state index contributed by atoms with van der Waals surface area (Å²) in [6.07, 6.45) is 4.38. The Morgan fingerprint density at radius 3 is 2.43 bits per heavy atom. The molecule has 21 heavy (non-hydrogen) atoms. The zero-order valence-corrected chi connectivity index (χ0v) is 13.0. The average molecular weight is 297 g/mol. The van der Waals surface area contributed by atoms with Gasteiger partial charge in [-0.3, -0.25) is 4.79 Å². The highest BCUT2D eigenvalue weighted by atomic mass is 16.4. The second-order valence-corrected chi connectivity index (χ2v) is 6.62.